The van der Waals surface area contributed by atoms with Crippen LogP contribution in [0.15, 0.2) is 43.0 Å². The van der Waals surface area contributed by atoms with Crippen LogP contribution in [0.4, 0.5) is 15.9 Å². The van der Waals surface area contributed by atoms with Gasteiger partial charge in [0.25, 0.3) is 0 Å². The van der Waals surface area contributed by atoms with Gasteiger partial charge in [-0.15, -0.1) is 0 Å². The summed E-state index contributed by atoms with van der Waals surface area (Å²) in [6, 6.07) is 11.2. The number of rotatable bonds is 9. The number of anilines is 2. The van der Waals surface area contributed by atoms with E-state index in [2.05, 4.69) is 34.4 Å². The summed E-state index contributed by atoms with van der Waals surface area (Å²) in [6.45, 7) is 8.85. The van der Waals surface area contributed by atoms with Gasteiger partial charge in [0.15, 0.2) is 0 Å². The van der Waals surface area contributed by atoms with E-state index in [1.165, 1.54) is 12.1 Å². The molecule has 4 heterocycles. The zero-order valence-corrected chi connectivity index (χ0v) is 26.4. The quantitative estimate of drug-likeness (QED) is 0.323. The number of methoxy groups -OCH3 is 1. The monoisotopic (exact) mass is 633 g/mol. The highest BCUT2D eigenvalue weighted by molar-refractivity contribution is 6.36. The molecule has 1 unspecified atom stereocenters. The second-order valence-electron chi connectivity index (χ2n) is 12.3. The van der Waals surface area contributed by atoms with E-state index in [0.29, 0.717) is 57.7 Å². The molecule has 0 radical (unpaired) electrons. The lowest BCUT2D eigenvalue weighted by molar-refractivity contribution is -0.128. The average molecular weight is 634 g/mol. The molecule has 45 heavy (non-hydrogen) atoms. The maximum Gasteiger partial charge on any atom is 0.318 e. The summed E-state index contributed by atoms with van der Waals surface area (Å²) in [5, 5.41) is 11.2. The number of nitrogens with zero attached hydrogens (tertiary/aromatic N) is 7. The van der Waals surface area contributed by atoms with Gasteiger partial charge in [0, 0.05) is 63.0 Å². The van der Waals surface area contributed by atoms with Crippen LogP contribution in [0.1, 0.15) is 17.7 Å². The van der Waals surface area contributed by atoms with E-state index in [1.807, 2.05) is 18.2 Å². The number of hydrogen-bond acceptors (Lipinski definition) is 9. The predicted molar refractivity (Wildman–Crippen MR) is 171 cm³/mol. The number of carbonyl (C=O) groups excluding carboxylic acids is 1. The average Bonchev–Trinajstić information content (AvgIpc) is 3.03. The van der Waals surface area contributed by atoms with E-state index in [1.54, 1.807) is 18.1 Å². The first-order valence-electron chi connectivity index (χ1n) is 15.1. The van der Waals surface area contributed by atoms with Gasteiger partial charge in [-0.25, -0.2) is 4.39 Å². The van der Waals surface area contributed by atoms with Crippen molar-refractivity contribution in [3.05, 3.63) is 65.1 Å². The molecule has 0 saturated carbocycles. The number of amides is 1. The van der Waals surface area contributed by atoms with Crippen LogP contribution in [0.5, 0.6) is 6.01 Å². The lowest BCUT2D eigenvalue weighted by atomic mass is 9.82. The largest absolute Gasteiger partial charge is 0.463 e. The molecule has 1 amide bonds. The number of hydrogen-bond donors (Lipinski definition) is 0. The van der Waals surface area contributed by atoms with Gasteiger partial charge in [-0.2, -0.15) is 15.2 Å². The summed E-state index contributed by atoms with van der Waals surface area (Å²) in [7, 11) is 3.76. The number of likely N-dealkylation sites (tertiary alicyclic amines) is 1. The second-order valence-corrected chi connectivity index (χ2v) is 12.6. The van der Waals surface area contributed by atoms with Gasteiger partial charge < -0.3 is 29.1 Å². The third-order valence-electron chi connectivity index (χ3n) is 9.01. The van der Waals surface area contributed by atoms with Gasteiger partial charge in [-0.3, -0.25) is 4.79 Å². The SMILES string of the molecule is C=CC(=O)N1CCN(c2nc(OCC3(COC)CN(C)C3)nc3c2CCN(c2cccc4ccc(F)c(Cl)c24)C3)CC1CC#N. The Kier molecular flexibility index (Phi) is 8.82. The summed E-state index contributed by atoms with van der Waals surface area (Å²) in [6.07, 6.45) is 2.14. The van der Waals surface area contributed by atoms with Crippen molar-refractivity contribution in [1.29, 1.82) is 5.26 Å². The fourth-order valence-corrected chi connectivity index (χ4v) is 7.33. The molecule has 1 atom stereocenters. The first-order chi connectivity index (χ1) is 21.8. The molecule has 0 bridgehead atoms. The number of fused-ring (bicyclic) bond motifs is 2. The minimum Gasteiger partial charge on any atom is -0.463 e. The van der Waals surface area contributed by atoms with Gasteiger partial charge >= 0.3 is 6.01 Å². The molecule has 2 fully saturated rings. The van der Waals surface area contributed by atoms with E-state index in [0.717, 1.165) is 41.2 Å². The Bertz CT molecular complexity index is 1650. The van der Waals surface area contributed by atoms with Crippen molar-refractivity contribution >= 4 is 39.8 Å². The van der Waals surface area contributed by atoms with E-state index >= 15 is 0 Å². The number of nitriles is 1. The first-order valence-corrected chi connectivity index (χ1v) is 15.5. The van der Waals surface area contributed by atoms with Crippen LogP contribution in [-0.4, -0.2) is 98.4 Å². The summed E-state index contributed by atoms with van der Waals surface area (Å²) in [4.78, 5) is 30.7. The zero-order chi connectivity index (χ0) is 31.7. The highest BCUT2D eigenvalue weighted by Crippen LogP contribution is 2.38. The zero-order valence-electron chi connectivity index (χ0n) is 25.6. The van der Waals surface area contributed by atoms with Gasteiger partial charge in [-0.05, 0) is 37.1 Å². The molecule has 2 aromatic carbocycles. The topological polar surface area (TPSA) is 98.1 Å². The van der Waals surface area contributed by atoms with Crippen LogP contribution >= 0.6 is 11.6 Å². The normalized spacial score (nSPS) is 19.5. The van der Waals surface area contributed by atoms with Crippen molar-refractivity contribution in [3.63, 3.8) is 0 Å². The van der Waals surface area contributed by atoms with E-state index in [4.69, 9.17) is 31.0 Å². The van der Waals surface area contributed by atoms with Crippen LogP contribution in [0.25, 0.3) is 10.8 Å². The van der Waals surface area contributed by atoms with E-state index in [-0.39, 0.29) is 34.8 Å². The van der Waals surface area contributed by atoms with Crippen LogP contribution in [0.2, 0.25) is 5.02 Å². The lowest BCUT2D eigenvalue weighted by Gasteiger charge is -2.47. The molecule has 10 nitrogen and oxygen atoms in total. The standard InChI is InChI=1S/C33H37ClFN7O3/c1-4-28(43)42-15-14-41(16-23(42)10-12-36)31-24-11-13-40(27-7-5-6-22-8-9-25(35)30(34)29(22)27)17-26(24)37-32(38-31)45-21-33(20-44-3)18-39(2)19-33/h4-9,23H,1,10-11,13-21H2,2-3H3. The predicted octanol–water partition coefficient (Wildman–Crippen LogP) is 4.06. The van der Waals surface area contributed by atoms with Crippen LogP contribution in [0, 0.1) is 22.6 Å². The van der Waals surface area contributed by atoms with E-state index < -0.39 is 5.82 Å². The third kappa shape index (κ3) is 6.02. The smallest absolute Gasteiger partial charge is 0.318 e. The Hall–Kier alpha value is -3.98. The summed E-state index contributed by atoms with van der Waals surface area (Å²) in [5.74, 6) is 0.122. The molecule has 0 spiro atoms. The lowest BCUT2D eigenvalue weighted by Crippen LogP contribution is -2.59. The van der Waals surface area contributed by atoms with Gasteiger partial charge in [0.1, 0.15) is 18.2 Å². The molecule has 236 valence electrons. The Morgan fingerprint density at radius 3 is 2.76 bits per heavy atom. The van der Waals surface area contributed by atoms with Gasteiger partial charge in [0.05, 0.1) is 47.8 Å². The fourth-order valence-electron chi connectivity index (χ4n) is 7.06. The first kappa shape index (κ1) is 31.0. The molecule has 6 rings (SSSR count). The second kappa shape index (κ2) is 12.8. The number of ether oxygens (including phenoxy) is 2. The number of benzene rings is 2. The van der Waals surface area contributed by atoms with Crippen LogP contribution in [0.3, 0.4) is 0 Å². The molecule has 0 aliphatic carbocycles. The maximum absolute atomic E-state index is 14.6. The summed E-state index contributed by atoms with van der Waals surface area (Å²) < 4.78 is 26.4. The van der Waals surface area contributed by atoms with Crippen molar-refractivity contribution in [2.75, 3.05) is 76.4 Å². The van der Waals surface area contributed by atoms with Crippen LogP contribution in [-0.2, 0) is 22.5 Å². The summed E-state index contributed by atoms with van der Waals surface area (Å²) >= 11 is 6.50. The van der Waals surface area contributed by atoms with Crippen molar-refractivity contribution in [2.24, 2.45) is 5.41 Å². The van der Waals surface area contributed by atoms with Crippen LogP contribution < -0.4 is 14.5 Å². The minimum atomic E-state index is -0.457. The van der Waals surface area contributed by atoms with Gasteiger partial charge in [0.2, 0.25) is 5.91 Å². The summed E-state index contributed by atoms with van der Waals surface area (Å²) in [5.41, 5.74) is 2.52. The third-order valence-corrected chi connectivity index (χ3v) is 9.38. The Morgan fingerprint density at radius 2 is 2.02 bits per heavy atom. The molecule has 1 aromatic heterocycles. The maximum atomic E-state index is 14.6. The number of halogens is 2. The Labute approximate surface area is 267 Å². The molecule has 3 aromatic rings. The number of aromatic nitrogens is 2. The molecular formula is C33H37ClFN7O3. The highest BCUT2D eigenvalue weighted by Gasteiger charge is 2.42. The van der Waals surface area contributed by atoms with Crippen molar-refractivity contribution < 1.29 is 18.7 Å². The van der Waals surface area contributed by atoms with Crippen molar-refractivity contribution in [2.45, 2.75) is 25.4 Å². The fraction of sp³-hybridized carbons (Fsp3) is 0.455. The van der Waals surface area contributed by atoms with Crippen molar-refractivity contribution in [3.8, 4) is 12.1 Å². The molecule has 2 saturated heterocycles. The Morgan fingerprint density at radius 1 is 1.20 bits per heavy atom. The van der Waals surface area contributed by atoms with E-state index in [9.17, 15) is 14.4 Å². The molecular weight excluding hydrogens is 597 g/mol. The van der Waals surface area contributed by atoms with Gasteiger partial charge in [-0.1, -0.05) is 36.4 Å². The number of piperazine rings is 1. The van der Waals surface area contributed by atoms with Crippen molar-refractivity contribution in [1.82, 2.24) is 19.8 Å². The molecule has 3 aliphatic heterocycles. The number of carbonyl (C=O) groups is 1. The molecule has 0 N–H and O–H groups in total. The Balaban J connectivity index is 1.35. The minimum absolute atomic E-state index is 0.102. The highest BCUT2D eigenvalue weighted by atomic mass is 35.5. The molecule has 12 heteroatoms. The molecule has 3 aliphatic rings.